The van der Waals surface area contributed by atoms with Crippen LogP contribution in [0.2, 0.25) is 0 Å². The molecule has 0 atom stereocenters. The van der Waals surface area contributed by atoms with E-state index >= 15 is 0 Å². The van der Waals surface area contributed by atoms with Crippen molar-refractivity contribution in [3.63, 3.8) is 0 Å². The summed E-state index contributed by atoms with van der Waals surface area (Å²) in [6.07, 6.45) is 2.70. The average molecular weight is 301 g/mol. The van der Waals surface area contributed by atoms with Crippen molar-refractivity contribution >= 4 is 12.0 Å². The zero-order valence-electron chi connectivity index (χ0n) is 12.8. The number of rotatable bonds is 7. The van der Waals surface area contributed by atoms with Crippen LogP contribution in [0.5, 0.6) is 0 Å². The molecule has 0 aromatic carbocycles. The molecule has 0 aliphatic carbocycles. The van der Waals surface area contributed by atoms with Crippen LogP contribution in [0.3, 0.4) is 0 Å². The van der Waals surface area contributed by atoms with Crippen molar-refractivity contribution in [1.29, 1.82) is 0 Å². The lowest BCUT2D eigenvalue weighted by Gasteiger charge is -2.29. The molecule has 7 heteroatoms. The Labute approximate surface area is 126 Å². The third-order valence-electron chi connectivity index (χ3n) is 3.64. The number of aliphatic hydroxyl groups is 1. The molecule has 7 nitrogen and oxygen atoms in total. The van der Waals surface area contributed by atoms with Crippen molar-refractivity contribution in [3.8, 4) is 0 Å². The highest BCUT2D eigenvalue weighted by Crippen LogP contribution is 2.07. The first-order chi connectivity index (χ1) is 10.1. The summed E-state index contributed by atoms with van der Waals surface area (Å²) < 4.78 is 0. The summed E-state index contributed by atoms with van der Waals surface area (Å²) in [4.78, 5) is 28.6. The van der Waals surface area contributed by atoms with Gasteiger partial charge in [-0.2, -0.15) is 0 Å². The van der Waals surface area contributed by atoms with Crippen LogP contribution < -0.4 is 0 Å². The summed E-state index contributed by atoms with van der Waals surface area (Å²) in [5, 5.41) is 17.9. The Morgan fingerprint density at radius 3 is 2.52 bits per heavy atom. The standard InChI is InChI=1S/C14H27N3O4/c1-2-3-6-17(10-11-18)14(21)16-7-4-5-15(8-9-16)12-13(19)20/h18H,2-12H2,1H3,(H,19,20). The molecule has 122 valence electrons. The monoisotopic (exact) mass is 301 g/mol. The molecule has 2 N–H and O–H groups in total. The second-order valence-electron chi connectivity index (χ2n) is 5.36. The largest absolute Gasteiger partial charge is 0.480 e. The number of unbranched alkanes of at least 4 members (excludes halogenated alkanes) is 1. The molecule has 1 saturated heterocycles. The van der Waals surface area contributed by atoms with Crippen LogP contribution >= 0.6 is 0 Å². The Hall–Kier alpha value is -1.34. The van der Waals surface area contributed by atoms with Crippen molar-refractivity contribution in [2.24, 2.45) is 0 Å². The normalized spacial score (nSPS) is 16.6. The van der Waals surface area contributed by atoms with Gasteiger partial charge in [0.15, 0.2) is 0 Å². The topological polar surface area (TPSA) is 84.3 Å². The number of urea groups is 1. The lowest BCUT2D eigenvalue weighted by Crippen LogP contribution is -2.46. The van der Waals surface area contributed by atoms with E-state index in [1.807, 2.05) is 4.90 Å². The molecule has 2 amide bonds. The quantitative estimate of drug-likeness (QED) is 0.706. The minimum Gasteiger partial charge on any atom is -0.480 e. The highest BCUT2D eigenvalue weighted by molar-refractivity contribution is 5.74. The molecule has 0 unspecified atom stereocenters. The predicted molar refractivity (Wildman–Crippen MR) is 79.2 cm³/mol. The first kappa shape index (κ1) is 17.7. The second kappa shape index (κ2) is 9.57. The minimum absolute atomic E-state index is 0.0260. The van der Waals surface area contributed by atoms with Crippen LogP contribution in [0.4, 0.5) is 4.79 Å². The molecule has 0 spiro atoms. The fourth-order valence-corrected chi connectivity index (χ4v) is 2.48. The van der Waals surface area contributed by atoms with Gasteiger partial charge < -0.3 is 20.0 Å². The highest BCUT2D eigenvalue weighted by atomic mass is 16.4. The van der Waals surface area contributed by atoms with Gasteiger partial charge in [-0.3, -0.25) is 9.69 Å². The minimum atomic E-state index is -0.834. The summed E-state index contributed by atoms with van der Waals surface area (Å²) in [6, 6.07) is -0.0466. The van der Waals surface area contributed by atoms with Crippen molar-refractivity contribution in [2.45, 2.75) is 26.2 Å². The van der Waals surface area contributed by atoms with Crippen LogP contribution in [-0.4, -0.2) is 89.3 Å². The fourth-order valence-electron chi connectivity index (χ4n) is 2.48. The molecular formula is C14H27N3O4. The molecule has 21 heavy (non-hydrogen) atoms. The zero-order chi connectivity index (χ0) is 15.7. The lowest BCUT2D eigenvalue weighted by atomic mass is 10.3. The van der Waals surface area contributed by atoms with Gasteiger partial charge in [-0.25, -0.2) is 4.79 Å². The SMILES string of the molecule is CCCCN(CCO)C(=O)N1CCCN(CC(=O)O)CC1. The third kappa shape index (κ3) is 6.31. The van der Waals surface area contributed by atoms with Gasteiger partial charge in [-0.15, -0.1) is 0 Å². The van der Waals surface area contributed by atoms with Gasteiger partial charge in [-0.1, -0.05) is 13.3 Å². The van der Waals surface area contributed by atoms with E-state index in [0.29, 0.717) is 39.3 Å². The maximum absolute atomic E-state index is 12.5. The first-order valence-electron chi connectivity index (χ1n) is 7.67. The van der Waals surface area contributed by atoms with Gasteiger partial charge in [-0.05, 0) is 12.8 Å². The van der Waals surface area contributed by atoms with Crippen LogP contribution in [0.1, 0.15) is 26.2 Å². The molecule has 1 heterocycles. The molecule has 0 aromatic rings. The number of nitrogens with zero attached hydrogens (tertiary/aromatic N) is 3. The summed E-state index contributed by atoms with van der Waals surface area (Å²) in [6.45, 7) is 5.54. The summed E-state index contributed by atoms with van der Waals surface area (Å²) in [7, 11) is 0. The average Bonchev–Trinajstić information content (AvgIpc) is 2.67. The third-order valence-corrected chi connectivity index (χ3v) is 3.64. The van der Waals surface area contributed by atoms with E-state index in [1.165, 1.54) is 0 Å². The Morgan fingerprint density at radius 2 is 1.90 bits per heavy atom. The number of carbonyl (C=O) groups excluding carboxylic acids is 1. The number of carboxylic acids is 1. The first-order valence-corrected chi connectivity index (χ1v) is 7.67. The van der Waals surface area contributed by atoms with Gasteiger partial charge in [0.1, 0.15) is 0 Å². The molecule has 0 saturated carbocycles. The Kier molecular flexibility index (Phi) is 8.07. The number of amides is 2. The molecule has 0 aromatic heterocycles. The van der Waals surface area contributed by atoms with E-state index in [2.05, 4.69) is 6.92 Å². The van der Waals surface area contributed by atoms with Crippen LogP contribution in [0.15, 0.2) is 0 Å². The van der Waals surface area contributed by atoms with Gasteiger partial charge >= 0.3 is 12.0 Å². The summed E-state index contributed by atoms with van der Waals surface area (Å²) in [5.74, 6) is -0.834. The van der Waals surface area contributed by atoms with E-state index in [4.69, 9.17) is 10.2 Å². The molecular weight excluding hydrogens is 274 g/mol. The van der Waals surface area contributed by atoms with Crippen LogP contribution in [0.25, 0.3) is 0 Å². The molecule has 1 fully saturated rings. The molecule has 1 rings (SSSR count). The number of carboxylic acid groups (broad SMARTS) is 1. The smallest absolute Gasteiger partial charge is 0.320 e. The Morgan fingerprint density at radius 1 is 1.14 bits per heavy atom. The van der Waals surface area contributed by atoms with Crippen molar-refractivity contribution in [2.75, 3.05) is 52.4 Å². The van der Waals surface area contributed by atoms with Crippen molar-refractivity contribution < 1.29 is 19.8 Å². The predicted octanol–water partition coefficient (Wildman–Crippen LogP) is 0.293. The number of hydrogen-bond acceptors (Lipinski definition) is 4. The van der Waals surface area contributed by atoms with E-state index in [1.54, 1.807) is 9.80 Å². The molecule has 0 bridgehead atoms. The number of aliphatic hydroxyl groups excluding tert-OH is 1. The lowest BCUT2D eigenvalue weighted by molar-refractivity contribution is -0.138. The number of aliphatic carboxylic acids is 1. The number of hydrogen-bond donors (Lipinski definition) is 2. The highest BCUT2D eigenvalue weighted by Gasteiger charge is 2.23. The van der Waals surface area contributed by atoms with Crippen LogP contribution in [0, 0.1) is 0 Å². The summed E-state index contributed by atoms with van der Waals surface area (Å²) in [5.41, 5.74) is 0. The van der Waals surface area contributed by atoms with E-state index in [-0.39, 0.29) is 19.2 Å². The van der Waals surface area contributed by atoms with Gasteiger partial charge in [0, 0.05) is 39.3 Å². The second-order valence-corrected chi connectivity index (χ2v) is 5.36. The fraction of sp³-hybridized carbons (Fsp3) is 0.857. The molecule has 1 aliphatic heterocycles. The van der Waals surface area contributed by atoms with Crippen LogP contribution in [-0.2, 0) is 4.79 Å². The van der Waals surface area contributed by atoms with E-state index < -0.39 is 5.97 Å². The van der Waals surface area contributed by atoms with E-state index in [9.17, 15) is 9.59 Å². The summed E-state index contributed by atoms with van der Waals surface area (Å²) >= 11 is 0. The van der Waals surface area contributed by atoms with Gasteiger partial charge in [0.25, 0.3) is 0 Å². The van der Waals surface area contributed by atoms with Gasteiger partial charge in [0.2, 0.25) is 0 Å². The maximum Gasteiger partial charge on any atom is 0.320 e. The van der Waals surface area contributed by atoms with Gasteiger partial charge in [0.05, 0.1) is 13.2 Å². The Bertz CT molecular complexity index is 338. The molecule has 1 aliphatic rings. The Balaban J connectivity index is 2.53. The molecule has 0 radical (unpaired) electrons. The van der Waals surface area contributed by atoms with Crippen molar-refractivity contribution in [1.82, 2.24) is 14.7 Å². The maximum atomic E-state index is 12.5. The van der Waals surface area contributed by atoms with Crippen molar-refractivity contribution in [3.05, 3.63) is 0 Å². The number of carbonyl (C=O) groups is 2. The zero-order valence-corrected chi connectivity index (χ0v) is 12.8. The van der Waals surface area contributed by atoms with E-state index in [0.717, 1.165) is 19.3 Å².